The van der Waals surface area contributed by atoms with E-state index in [4.69, 9.17) is 4.74 Å². The standard InChI is InChI=1S/C27H37N3O4S/c1-29(23-8-4-3-5-9-23)35(32,33)25-16-12-22(13-17-25)27(31)28-20-26(30-18-6-7-19-30)21-10-14-24(34-2)15-11-21/h10-17,23,26H,3-9,18-20H2,1-2H3,(H,28,31). The molecule has 35 heavy (non-hydrogen) atoms. The molecule has 1 amide bonds. The summed E-state index contributed by atoms with van der Waals surface area (Å²) in [6.45, 7) is 2.50. The van der Waals surface area contributed by atoms with E-state index in [0.717, 1.165) is 62.9 Å². The van der Waals surface area contributed by atoms with Crippen LogP contribution >= 0.6 is 0 Å². The number of benzene rings is 2. The number of hydrogen-bond acceptors (Lipinski definition) is 5. The molecule has 4 rings (SSSR count). The topological polar surface area (TPSA) is 78.9 Å². The molecule has 190 valence electrons. The van der Waals surface area contributed by atoms with Crippen LogP contribution in [0.1, 0.15) is 66.9 Å². The molecule has 1 N–H and O–H groups in total. The van der Waals surface area contributed by atoms with Gasteiger partial charge in [0, 0.05) is 25.2 Å². The number of likely N-dealkylation sites (tertiary alicyclic amines) is 1. The predicted molar refractivity (Wildman–Crippen MR) is 137 cm³/mol. The fraction of sp³-hybridized carbons (Fsp3) is 0.519. The van der Waals surface area contributed by atoms with E-state index in [2.05, 4.69) is 22.3 Å². The van der Waals surface area contributed by atoms with Gasteiger partial charge in [0.05, 0.1) is 18.0 Å². The summed E-state index contributed by atoms with van der Waals surface area (Å²) in [5.74, 6) is 0.606. The number of methoxy groups -OCH3 is 1. The lowest BCUT2D eigenvalue weighted by Crippen LogP contribution is -2.38. The zero-order chi connectivity index (χ0) is 24.8. The molecule has 1 unspecified atom stereocenters. The van der Waals surface area contributed by atoms with Crippen LogP contribution in [0.3, 0.4) is 0 Å². The second kappa shape index (κ2) is 11.5. The molecular weight excluding hydrogens is 462 g/mol. The van der Waals surface area contributed by atoms with Crippen molar-refractivity contribution in [3.05, 3.63) is 59.7 Å². The number of ether oxygens (including phenoxy) is 1. The SMILES string of the molecule is COc1ccc(C(CNC(=O)c2ccc(S(=O)(=O)N(C)C3CCCCC3)cc2)N2CCCC2)cc1. The van der Waals surface area contributed by atoms with Gasteiger partial charge in [0.25, 0.3) is 5.91 Å². The van der Waals surface area contributed by atoms with Gasteiger partial charge in [-0.2, -0.15) is 4.31 Å². The van der Waals surface area contributed by atoms with E-state index in [1.54, 1.807) is 38.4 Å². The zero-order valence-corrected chi connectivity index (χ0v) is 21.6. The first-order valence-corrected chi connectivity index (χ1v) is 14.1. The second-order valence-electron chi connectivity index (χ2n) is 9.58. The quantitative estimate of drug-likeness (QED) is 0.559. The highest BCUT2D eigenvalue weighted by Crippen LogP contribution is 2.28. The van der Waals surface area contributed by atoms with Gasteiger partial charge in [0.15, 0.2) is 0 Å². The average molecular weight is 500 g/mol. The molecule has 0 aromatic heterocycles. The Morgan fingerprint density at radius 3 is 2.23 bits per heavy atom. The van der Waals surface area contributed by atoms with Crippen molar-refractivity contribution in [2.45, 2.75) is 61.9 Å². The lowest BCUT2D eigenvalue weighted by atomic mass is 9.96. The van der Waals surface area contributed by atoms with Gasteiger partial charge in [-0.3, -0.25) is 9.69 Å². The summed E-state index contributed by atoms with van der Waals surface area (Å²) in [6, 6.07) is 14.4. The first-order chi connectivity index (χ1) is 16.9. The number of carbonyl (C=O) groups excluding carboxylic acids is 1. The Balaban J connectivity index is 1.42. The molecule has 8 heteroatoms. The number of nitrogens with zero attached hydrogens (tertiary/aromatic N) is 2. The predicted octanol–water partition coefficient (Wildman–Crippen LogP) is 4.22. The summed E-state index contributed by atoms with van der Waals surface area (Å²) in [4.78, 5) is 15.6. The van der Waals surface area contributed by atoms with Gasteiger partial charge in [-0.15, -0.1) is 0 Å². The third-order valence-corrected chi connectivity index (χ3v) is 9.34. The number of rotatable bonds is 9. The van der Waals surface area contributed by atoms with Crippen LogP contribution in [0.5, 0.6) is 5.75 Å². The van der Waals surface area contributed by atoms with Crippen LogP contribution in [-0.2, 0) is 10.0 Å². The average Bonchev–Trinajstić information content (AvgIpc) is 3.44. The molecule has 1 atom stereocenters. The molecule has 2 aromatic carbocycles. The molecule has 2 aliphatic rings. The Bertz CT molecular complexity index is 1070. The van der Waals surface area contributed by atoms with Crippen LogP contribution in [0.25, 0.3) is 0 Å². The first-order valence-electron chi connectivity index (χ1n) is 12.6. The van der Waals surface area contributed by atoms with Crippen LogP contribution in [0, 0.1) is 0 Å². The Hall–Kier alpha value is -2.42. The monoisotopic (exact) mass is 499 g/mol. The van der Waals surface area contributed by atoms with E-state index in [1.165, 1.54) is 10.7 Å². The molecule has 2 aromatic rings. The summed E-state index contributed by atoms with van der Waals surface area (Å²) in [5.41, 5.74) is 1.60. The van der Waals surface area contributed by atoms with Crippen molar-refractivity contribution in [3.63, 3.8) is 0 Å². The van der Waals surface area contributed by atoms with E-state index >= 15 is 0 Å². The van der Waals surface area contributed by atoms with E-state index < -0.39 is 10.0 Å². The fourth-order valence-electron chi connectivity index (χ4n) is 5.21. The molecule has 7 nitrogen and oxygen atoms in total. The smallest absolute Gasteiger partial charge is 0.251 e. The van der Waals surface area contributed by atoms with Gasteiger partial charge in [-0.05, 0) is 80.7 Å². The second-order valence-corrected chi connectivity index (χ2v) is 11.6. The summed E-state index contributed by atoms with van der Waals surface area (Å²) in [5, 5.41) is 3.06. The molecular formula is C27H37N3O4S. The number of amides is 1. The number of carbonyl (C=O) groups is 1. The highest BCUT2D eigenvalue weighted by atomic mass is 32.2. The van der Waals surface area contributed by atoms with Crippen molar-refractivity contribution >= 4 is 15.9 Å². The molecule has 0 spiro atoms. The molecule has 1 heterocycles. The fourth-order valence-corrected chi connectivity index (χ4v) is 6.63. The summed E-state index contributed by atoms with van der Waals surface area (Å²) >= 11 is 0. The van der Waals surface area contributed by atoms with Gasteiger partial charge in [0.1, 0.15) is 5.75 Å². The summed E-state index contributed by atoms with van der Waals surface area (Å²) in [7, 11) is -0.254. The van der Waals surface area contributed by atoms with Crippen LogP contribution in [-0.4, -0.2) is 63.4 Å². The normalized spacial score (nSPS) is 18.5. The van der Waals surface area contributed by atoms with E-state index in [1.807, 2.05) is 12.1 Å². The zero-order valence-electron chi connectivity index (χ0n) is 20.8. The largest absolute Gasteiger partial charge is 0.497 e. The highest BCUT2D eigenvalue weighted by molar-refractivity contribution is 7.89. The van der Waals surface area contributed by atoms with Crippen molar-refractivity contribution in [1.29, 1.82) is 0 Å². The lowest BCUT2D eigenvalue weighted by molar-refractivity contribution is 0.0937. The molecule has 0 bridgehead atoms. The molecule has 2 fully saturated rings. The van der Waals surface area contributed by atoms with Gasteiger partial charge < -0.3 is 10.1 Å². The summed E-state index contributed by atoms with van der Waals surface area (Å²) < 4.78 is 33.0. The minimum atomic E-state index is -3.57. The van der Waals surface area contributed by atoms with Crippen LogP contribution < -0.4 is 10.1 Å². The van der Waals surface area contributed by atoms with Gasteiger partial charge in [0.2, 0.25) is 10.0 Å². The first kappa shape index (κ1) is 25.7. The van der Waals surface area contributed by atoms with Gasteiger partial charge >= 0.3 is 0 Å². The molecule has 0 radical (unpaired) electrons. The molecule has 1 saturated heterocycles. The van der Waals surface area contributed by atoms with Crippen LogP contribution in [0.15, 0.2) is 53.4 Å². The van der Waals surface area contributed by atoms with Gasteiger partial charge in [-0.1, -0.05) is 31.4 Å². The van der Waals surface area contributed by atoms with Crippen molar-refractivity contribution in [1.82, 2.24) is 14.5 Å². The van der Waals surface area contributed by atoms with Crippen molar-refractivity contribution in [2.24, 2.45) is 0 Å². The molecule has 1 aliphatic heterocycles. The maximum atomic E-state index is 13.1. The van der Waals surface area contributed by atoms with E-state index in [0.29, 0.717) is 12.1 Å². The minimum absolute atomic E-state index is 0.0530. The highest BCUT2D eigenvalue weighted by Gasteiger charge is 2.29. The Labute approximate surface area is 209 Å². The van der Waals surface area contributed by atoms with E-state index in [-0.39, 0.29) is 22.9 Å². The van der Waals surface area contributed by atoms with Gasteiger partial charge in [-0.25, -0.2) is 8.42 Å². The van der Waals surface area contributed by atoms with Crippen molar-refractivity contribution < 1.29 is 17.9 Å². The number of nitrogens with one attached hydrogen (secondary N) is 1. The van der Waals surface area contributed by atoms with Crippen molar-refractivity contribution in [2.75, 3.05) is 33.8 Å². The maximum Gasteiger partial charge on any atom is 0.251 e. The maximum absolute atomic E-state index is 13.1. The number of sulfonamides is 1. The Kier molecular flexibility index (Phi) is 8.46. The third-order valence-electron chi connectivity index (χ3n) is 7.42. The molecule has 1 aliphatic carbocycles. The Morgan fingerprint density at radius 2 is 1.63 bits per heavy atom. The van der Waals surface area contributed by atoms with Crippen LogP contribution in [0.4, 0.5) is 0 Å². The van der Waals surface area contributed by atoms with E-state index in [9.17, 15) is 13.2 Å². The third kappa shape index (κ3) is 6.05. The minimum Gasteiger partial charge on any atom is -0.497 e. The van der Waals surface area contributed by atoms with Crippen molar-refractivity contribution in [3.8, 4) is 5.75 Å². The van der Waals surface area contributed by atoms with Crippen LogP contribution in [0.2, 0.25) is 0 Å². The summed E-state index contributed by atoms with van der Waals surface area (Å²) in [6.07, 6.45) is 7.44. The lowest BCUT2D eigenvalue weighted by Gasteiger charge is -2.30. The number of hydrogen-bond donors (Lipinski definition) is 1. The molecule has 1 saturated carbocycles. The Morgan fingerprint density at radius 1 is 1.00 bits per heavy atom.